The van der Waals surface area contributed by atoms with Crippen LogP contribution in [0.5, 0.6) is 0 Å². The van der Waals surface area contributed by atoms with Crippen molar-refractivity contribution in [3.05, 3.63) is 70.7 Å². The van der Waals surface area contributed by atoms with Crippen molar-refractivity contribution in [2.45, 2.75) is 58.6 Å². The van der Waals surface area contributed by atoms with Gasteiger partial charge in [-0.2, -0.15) is 0 Å². The van der Waals surface area contributed by atoms with E-state index in [-0.39, 0.29) is 12.3 Å². The van der Waals surface area contributed by atoms with Gasteiger partial charge in [0.2, 0.25) is 11.8 Å². The summed E-state index contributed by atoms with van der Waals surface area (Å²) in [6, 6.07) is 17.3. The van der Waals surface area contributed by atoms with Gasteiger partial charge in [-0.3, -0.25) is 9.59 Å². The third-order valence-electron chi connectivity index (χ3n) is 6.30. The number of carbonyl (C=O) groups is 2. The molecule has 2 aromatic carbocycles. The fourth-order valence-electron chi connectivity index (χ4n) is 4.46. The van der Waals surface area contributed by atoms with Crippen LogP contribution in [-0.4, -0.2) is 47.6 Å². The second-order valence-corrected chi connectivity index (χ2v) is 9.54. The van der Waals surface area contributed by atoms with Crippen molar-refractivity contribution in [1.82, 2.24) is 10.2 Å². The van der Waals surface area contributed by atoms with Crippen LogP contribution in [0.2, 0.25) is 5.02 Å². The average Bonchev–Trinajstić information content (AvgIpc) is 2.84. The van der Waals surface area contributed by atoms with Gasteiger partial charge in [0.1, 0.15) is 0 Å². The Bertz CT molecular complexity index is 886. The van der Waals surface area contributed by atoms with Gasteiger partial charge in [0.15, 0.2) is 0 Å². The zero-order chi connectivity index (χ0) is 25.6. The molecule has 2 rings (SSSR count). The van der Waals surface area contributed by atoms with Gasteiger partial charge in [-0.25, -0.2) is 0 Å². The van der Waals surface area contributed by atoms with Crippen LogP contribution in [0.25, 0.3) is 0 Å². The van der Waals surface area contributed by atoms with E-state index in [0.29, 0.717) is 44.0 Å². The Morgan fingerprint density at radius 1 is 1.00 bits per heavy atom. The highest BCUT2D eigenvalue weighted by atomic mass is 35.5. The Balaban J connectivity index is 2.14. The molecule has 0 spiro atoms. The smallest absolute Gasteiger partial charge is 0.222 e. The van der Waals surface area contributed by atoms with E-state index >= 15 is 0 Å². The highest BCUT2D eigenvalue weighted by molar-refractivity contribution is 6.30. The summed E-state index contributed by atoms with van der Waals surface area (Å²) in [6.07, 6.45) is 1.96. The van der Waals surface area contributed by atoms with Crippen LogP contribution in [0.1, 0.15) is 50.7 Å². The molecular weight excluding hydrogens is 462 g/mol. The van der Waals surface area contributed by atoms with Crippen LogP contribution in [0.15, 0.2) is 54.6 Å². The number of hydrogen-bond acceptors (Lipinski definition) is 4. The van der Waals surface area contributed by atoms with E-state index in [1.165, 1.54) is 0 Å². The molecule has 0 saturated heterocycles. The van der Waals surface area contributed by atoms with Crippen LogP contribution in [-0.2, 0) is 22.6 Å². The van der Waals surface area contributed by atoms with Crippen molar-refractivity contribution in [3.63, 3.8) is 0 Å². The lowest BCUT2D eigenvalue weighted by atomic mass is 9.79. The molecule has 0 fully saturated rings. The number of nitrogens with two attached hydrogens (primary N) is 1. The van der Waals surface area contributed by atoms with Crippen molar-refractivity contribution in [2.24, 2.45) is 17.6 Å². The van der Waals surface area contributed by atoms with Crippen LogP contribution in [0, 0.1) is 11.8 Å². The number of halogens is 1. The number of aliphatic hydroxyl groups excluding tert-OH is 1. The monoisotopic (exact) mass is 501 g/mol. The molecule has 0 aliphatic heterocycles. The fourth-order valence-corrected chi connectivity index (χ4v) is 4.58. The predicted molar refractivity (Wildman–Crippen MR) is 142 cm³/mol. The maximum absolute atomic E-state index is 12.9. The molecule has 0 saturated carbocycles. The first kappa shape index (κ1) is 28.8. The molecule has 0 aromatic heterocycles. The van der Waals surface area contributed by atoms with Crippen LogP contribution < -0.4 is 11.1 Å². The third-order valence-corrected chi connectivity index (χ3v) is 6.55. The number of aliphatic hydroxyl groups is 1. The van der Waals surface area contributed by atoms with Gasteiger partial charge in [-0.15, -0.1) is 0 Å². The van der Waals surface area contributed by atoms with E-state index < -0.39 is 23.8 Å². The maximum Gasteiger partial charge on any atom is 0.222 e. The van der Waals surface area contributed by atoms with Crippen molar-refractivity contribution in [2.75, 3.05) is 19.6 Å². The Morgan fingerprint density at radius 3 is 2.20 bits per heavy atom. The van der Waals surface area contributed by atoms with E-state index in [9.17, 15) is 14.7 Å². The first-order valence-corrected chi connectivity index (χ1v) is 13.0. The number of amides is 2. The minimum absolute atomic E-state index is 0.0295. The third kappa shape index (κ3) is 10.0. The highest BCUT2D eigenvalue weighted by Crippen LogP contribution is 2.27. The van der Waals surface area contributed by atoms with Gasteiger partial charge >= 0.3 is 0 Å². The maximum atomic E-state index is 12.9. The molecule has 35 heavy (non-hydrogen) atoms. The lowest BCUT2D eigenvalue weighted by Gasteiger charge is -2.30. The number of primary amides is 1. The lowest BCUT2D eigenvalue weighted by Crippen LogP contribution is -2.43. The number of nitrogens with zero attached hydrogens (tertiary/aromatic N) is 1. The highest BCUT2D eigenvalue weighted by Gasteiger charge is 2.33. The number of hydrogen-bond donors (Lipinski definition) is 3. The summed E-state index contributed by atoms with van der Waals surface area (Å²) in [5, 5.41) is 15.1. The van der Waals surface area contributed by atoms with Gasteiger partial charge in [-0.05, 0) is 48.9 Å². The molecule has 192 valence electrons. The molecule has 4 N–H and O–H groups in total. The van der Waals surface area contributed by atoms with E-state index in [0.717, 1.165) is 24.0 Å². The summed E-state index contributed by atoms with van der Waals surface area (Å²) < 4.78 is 0. The molecular formula is C28H40ClN3O3. The molecule has 3 atom stereocenters. The molecule has 0 radical (unpaired) electrons. The Morgan fingerprint density at radius 2 is 1.63 bits per heavy atom. The summed E-state index contributed by atoms with van der Waals surface area (Å²) in [5.74, 6) is -1.53. The van der Waals surface area contributed by atoms with Crippen molar-refractivity contribution < 1.29 is 14.7 Å². The van der Waals surface area contributed by atoms with E-state index in [1.54, 1.807) is 12.1 Å². The van der Waals surface area contributed by atoms with Crippen molar-refractivity contribution >= 4 is 23.4 Å². The molecule has 0 aliphatic rings. The molecule has 2 aromatic rings. The molecule has 2 amide bonds. The summed E-state index contributed by atoms with van der Waals surface area (Å²) in [5.41, 5.74) is 7.90. The predicted octanol–water partition coefficient (Wildman–Crippen LogP) is 4.18. The minimum atomic E-state index is -0.815. The van der Waals surface area contributed by atoms with Crippen LogP contribution in [0.3, 0.4) is 0 Å². The number of nitrogens with one attached hydrogen (secondary N) is 1. The number of benzene rings is 2. The second-order valence-electron chi connectivity index (χ2n) is 9.11. The number of rotatable bonds is 16. The summed E-state index contributed by atoms with van der Waals surface area (Å²) >= 11 is 6.04. The molecule has 6 nitrogen and oxygen atoms in total. The first-order chi connectivity index (χ1) is 16.8. The molecule has 1 unspecified atom stereocenters. The number of carbonyl (C=O) groups excluding carboxylic acids is 2. The minimum Gasteiger partial charge on any atom is -0.391 e. The van der Waals surface area contributed by atoms with Crippen LogP contribution >= 0.6 is 11.6 Å². The summed E-state index contributed by atoms with van der Waals surface area (Å²) in [7, 11) is 0. The van der Waals surface area contributed by atoms with E-state index in [2.05, 4.69) is 5.32 Å². The molecule has 7 heteroatoms. The zero-order valence-corrected chi connectivity index (χ0v) is 21.7. The Labute approximate surface area is 214 Å². The topological polar surface area (TPSA) is 95.7 Å². The second kappa shape index (κ2) is 15.6. The van der Waals surface area contributed by atoms with E-state index in [4.69, 9.17) is 17.3 Å². The van der Waals surface area contributed by atoms with Crippen LogP contribution in [0.4, 0.5) is 0 Å². The largest absolute Gasteiger partial charge is 0.391 e. The quantitative estimate of drug-likeness (QED) is 0.321. The zero-order valence-electron chi connectivity index (χ0n) is 21.0. The van der Waals surface area contributed by atoms with Gasteiger partial charge in [0, 0.05) is 49.5 Å². The van der Waals surface area contributed by atoms with E-state index in [1.807, 2.05) is 61.2 Å². The van der Waals surface area contributed by atoms with Crippen molar-refractivity contribution in [3.8, 4) is 0 Å². The summed E-state index contributed by atoms with van der Waals surface area (Å²) in [6.45, 7) is 6.41. The van der Waals surface area contributed by atoms with Crippen molar-refractivity contribution in [1.29, 1.82) is 0 Å². The average molecular weight is 502 g/mol. The molecule has 0 heterocycles. The first-order valence-electron chi connectivity index (χ1n) is 12.6. The van der Waals surface area contributed by atoms with Gasteiger partial charge < -0.3 is 21.1 Å². The van der Waals surface area contributed by atoms with Gasteiger partial charge in [0.25, 0.3) is 0 Å². The SMILES string of the molecule is CCCN(CCC)C(=O)CCC(C(N)=O)[C@H](Cc1ccc(Cl)cc1)[C@@H](O)CNCc1ccccc1. The normalized spacial score (nSPS) is 13.7. The summed E-state index contributed by atoms with van der Waals surface area (Å²) in [4.78, 5) is 27.3. The fraction of sp³-hybridized carbons (Fsp3) is 0.500. The lowest BCUT2D eigenvalue weighted by molar-refractivity contribution is -0.132. The molecule has 0 aliphatic carbocycles. The standard InChI is InChI=1S/C28H40ClN3O3/c1-3-16-32(17-4-2)27(34)15-14-24(28(30)35)25(18-21-10-12-23(29)13-11-21)26(33)20-31-19-22-8-6-5-7-9-22/h5-13,24-26,31,33H,3-4,14-20H2,1-2H3,(H2,30,35)/t24?,25-,26-/m0/s1. The molecule has 0 bridgehead atoms. The van der Waals surface area contributed by atoms with Gasteiger partial charge in [0.05, 0.1) is 6.10 Å². The Hall–Kier alpha value is -2.41. The van der Waals surface area contributed by atoms with Gasteiger partial charge in [-0.1, -0.05) is 67.9 Å². The Kier molecular flexibility index (Phi) is 12.8.